The van der Waals surface area contributed by atoms with Crippen molar-refractivity contribution in [3.63, 3.8) is 0 Å². The van der Waals surface area contributed by atoms with Gasteiger partial charge in [0, 0.05) is 0 Å². The molecule has 0 amide bonds. The molecule has 41 heavy (non-hydrogen) atoms. The minimum atomic E-state index is 0. The summed E-state index contributed by atoms with van der Waals surface area (Å²) in [5, 5.41) is 5.27. The van der Waals surface area contributed by atoms with Crippen molar-refractivity contribution in [1.82, 2.24) is 0 Å². The Morgan fingerprint density at radius 1 is 0.610 bits per heavy atom. The minimum absolute atomic E-state index is 0. The Morgan fingerprint density at radius 3 is 1.41 bits per heavy atom. The number of allylic oxidation sites excluding steroid dienone is 4. The summed E-state index contributed by atoms with van der Waals surface area (Å²) in [6.45, 7) is 2.16. The van der Waals surface area contributed by atoms with E-state index in [9.17, 15) is 0 Å². The Morgan fingerprint density at radius 2 is 1.07 bits per heavy atom. The van der Waals surface area contributed by atoms with E-state index in [4.69, 9.17) is 0 Å². The summed E-state index contributed by atoms with van der Waals surface area (Å²) in [6.07, 6.45) is 10.0. The zero-order chi connectivity index (χ0) is 26.9. The maximum absolute atomic E-state index is 2.99. The van der Waals surface area contributed by atoms with Crippen LogP contribution >= 0.6 is 0 Å². The zero-order valence-corrected chi connectivity index (χ0v) is 26.9. The average Bonchev–Trinajstić information content (AvgIpc) is 3.70. The van der Waals surface area contributed by atoms with Crippen molar-refractivity contribution in [2.75, 3.05) is 0 Å². The predicted octanol–water partition coefficient (Wildman–Crippen LogP) is 4.13. The molecule has 0 saturated heterocycles. The molecule has 1 aliphatic rings. The Labute approximate surface area is 271 Å². The predicted molar refractivity (Wildman–Crippen MR) is 166 cm³/mol. The molecule has 0 nitrogen and oxygen atoms in total. The fourth-order valence-electron chi connectivity index (χ4n) is 4.67. The van der Waals surface area contributed by atoms with E-state index in [-0.39, 0.29) is 24.8 Å². The van der Waals surface area contributed by atoms with Gasteiger partial charge in [-0.15, -0.1) is 46.2 Å². The molecule has 0 atom stereocenters. The molecule has 6 aromatic carbocycles. The summed E-state index contributed by atoms with van der Waals surface area (Å²) >= 11 is 1.51. The van der Waals surface area contributed by atoms with Crippen molar-refractivity contribution < 1.29 is 49.0 Å². The molecule has 0 aromatic heterocycles. The molecule has 0 N–H and O–H groups in total. The van der Waals surface area contributed by atoms with E-state index < -0.39 is 0 Å². The Bertz CT molecular complexity index is 1630. The molecule has 0 spiro atoms. The number of hydrogen-bond acceptors (Lipinski definition) is 0. The van der Waals surface area contributed by atoms with Crippen LogP contribution in [0.15, 0.2) is 152 Å². The summed E-state index contributed by atoms with van der Waals surface area (Å²) < 4.78 is 1.46. The molecule has 7 rings (SSSR count). The van der Waals surface area contributed by atoms with Gasteiger partial charge < -0.3 is 24.8 Å². The zero-order valence-electron chi connectivity index (χ0n) is 22.9. The molecule has 0 heterocycles. The van der Waals surface area contributed by atoms with Gasteiger partial charge in [-0.3, -0.25) is 6.08 Å². The summed E-state index contributed by atoms with van der Waals surface area (Å²) in [5.41, 5.74) is 6.44. The second-order valence-electron chi connectivity index (χ2n) is 9.47. The van der Waals surface area contributed by atoms with Crippen LogP contribution in [-0.4, -0.2) is 3.21 Å². The summed E-state index contributed by atoms with van der Waals surface area (Å²) in [6, 6.07) is 47.5. The third-order valence-electron chi connectivity index (χ3n) is 6.71. The molecule has 0 saturated carbocycles. The molecular formula is C38H30Cl2Zr-2. The topological polar surface area (TPSA) is 0 Å². The average molecular weight is 649 g/mol. The van der Waals surface area contributed by atoms with Gasteiger partial charge in [0.15, 0.2) is 0 Å². The van der Waals surface area contributed by atoms with Crippen molar-refractivity contribution in [2.24, 2.45) is 0 Å². The molecule has 6 aromatic rings. The first-order chi connectivity index (χ1) is 19.2. The minimum Gasteiger partial charge on any atom is -1.00 e. The molecular weight excluding hydrogens is 619 g/mol. The van der Waals surface area contributed by atoms with Gasteiger partial charge in [0.05, 0.1) is 0 Å². The first kappa shape index (κ1) is 32.3. The number of halogens is 2. The fraction of sp³-hybridized carbons (Fsp3) is 0.0526. The summed E-state index contributed by atoms with van der Waals surface area (Å²) in [7, 11) is 0. The second kappa shape index (κ2) is 16.3. The van der Waals surface area contributed by atoms with Crippen LogP contribution in [0.3, 0.4) is 0 Å². The number of benzene rings is 5. The maximum Gasteiger partial charge on any atom is -0.0259 e. The van der Waals surface area contributed by atoms with Crippen molar-refractivity contribution in [1.29, 1.82) is 0 Å². The Balaban J connectivity index is 0.000000240. The van der Waals surface area contributed by atoms with E-state index in [0.717, 1.165) is 6.42 Å². The SMILES string of the molecule is C[C](=[Zr+2])c1ccccc1.[C-]1=CC=CC1.[Cl-].[Cl-].c1ccc(-c2ccc3c(c2)[cH-]c2cc(-c4ccccc4)ccc23)cc1. The molecule has 0 radical (unpaired) electrons. The van der Waals surface area contributed by atoms with Crippen molar-refractivity contribution in [3.05, 3.63) is 163 Å². The van der Waals surface area contributed by atoms with Crippen LogP contribution in [0.25, 0.3) is 43.8 Å². The third kappa shape index (κ3) is 8.64. The first-order valence-corrected chi connectivity index (χ1v) is 14.5. The number of hydrogen-bond donors (Lipinski definition) is 0. The monoisotopic (exact) mass is 646 g/mol. The van der Waals surface area contributed by atoms with E-state index in [2.05, 4.69) is 146 Å². The van der Waals surface area contributed by atoms with Gasteiger partial charge in [-0.25, -0.2) is 12.2 Å². The fourth-order valence-corrected chi connectivity index (χ4v) is 5.08. The third-order valence-corrected chi connectivity index (χ3v) is 7.42. The van der Waals surface area contributed by atoms with Crippen LogP contribution in [0.4, 0.5) is 0 Å². The van der Waals surface area contributed by atoms with Crippen molar-refractivity contribution in [3.8, 4) is 22.3 Å². The summed E-state index contributed by atoms with van der Waals surface area (Å²) in [4.78, 5) is 0. The van der Waals surface area contributed by atoms with Crippen LogP contribution in [-0.2, 0) is 24.2 Å². The van der Waals surface area contributed by atoms with E-state index in [1.165, 1.54) is 76.8 Å². The Hall–Kier alpha value is -3.22. The van der Waals surface area contributed by atoms with E-state index in [0.29, 0.717) is 0 Å². The Kier molecular flexibility index (Phi) is 12.8. The molecule has 0 unspecified atom stereocenters. The molecule has 0 aliphatic heterocycles. The van der Waals surface area contributed by atoms with Gasteiger partial charge in [-0.2, -0.15) is 6.08 Å². The quantitative estimate of drug-likeness (QED) is 0.254. The number of rotatable bonds is 3. The standard InChI is InChI=1S/C25H17.C8H8.C5H5.2ClH.Zr/c1-3-7-18(8-4-1)20-11-13-24-22(15-20)17-23-16-21(12-14-25(23)24)19-9-5-2-6-10-19;1-2-8-6-4-3-5-7-8;1-2-4-5-3-1;;;/h1-17H;3-7H,1H3;1-3H,4H2;2*1H;/q-1;;-1;;;+2/p-2. The molecule has 0 fully saturated rings. The van der Waals surface area contributed by atoms with E-state index in [1.54, 1.807) is 0 Å². The van der Waals surface area contributed by atoms with Gasteiger partial charge in [-0.05, 0) is 11.1 Å². The van der Waals surface area contributed by atoms with Crippen LogP contribution in [0.2, 0.25) is 0 Å². The van der Waals surface area contributed by atoms with Crippen LogP contribution < -0.4 is 24.8 Å². The second-order valence-corrected chi connectivity index (χ2v) is 11.3. The van der Waals surface area contributed by atoms with Gasteiger partial charge >= 0.3 is 70.3 Å². The van der Waals surface area contributed by atoms with E-state index >= 15 is 0 Å². The van der Waals surface area contributed by atoms with Crippen LogP contribution in [0.5, 0.6) is 0 Å². The molecule has 1 aliphatic carbocycles. The van der Waals surface area contributed by atoms with Gasteiger partial charge in [0.1, 0.15) is 0 Å². The first-order valence-electron chi connectivity index (χ1n) is 13.3. The molecule has 3 heteroatoms. The smallest absolute Gasteiger partial charge is 0.0259 e. The van der Waals surface area contributed by atoms with Crippen molar-refractivity contribution >= 4 is 24.8 Å². The maximum atomic E-state index is 2.99. The normalized spacial score (nSPS) is 11.0. The number of fused-ring (bicyclic) bond motifs is 3. The van der Waals surface area contributed by atoms with Gasteiger partial charge in [-0.1, -0.05) is 96.1 Å². The van der Waals surface area contributed by atoms with Crippen LogP contribution in [0.1, 0.15) is 18.9 Å². The largest absolute Gasteiger partial charge is 1.00 e. The molecule has 202 valence electrons. The molecule has 0 bridgehead atoms. The van der Waals surface area contributed by atoms with Gasteiger partial charge in [0.2, 0.25) is 0 Å². The van der Waals surface area contributed by atoms with E-state index in [1.807, 2.05) is 18.2 Å². The summed E-state index contributed by atoms with van der Waals surface area (Å²) in [5.74, 6) is 0. The van der Waals surface area contributed by atoms with Crippen molar-refractivity contribution in [2.45, 2.75) is 13.3 Å². The van der Waals surface area contributed by atoms with Crippen LogP contribution in [0, 0.1) is 6.08 Å². The van der Waals surface area contributed by atoms with Gasteiger partial charge in [0.25, 0.3) is 0 Å².